The molecule has 2 N–H and O–H groups in total. The Morgan fingerprint density at radius 2 is 1.95 bits per heavy atom. The van der Waals surface area contributed by atoms with Crippen molar-refractivity contribution in [2.45, 2.75) is 33.4 Å². The van der Waals surface area contributed by atoms with Crippen LogP contribution in [0.5, 0.6) is 5.75 Å². The summed E-state index contributed by atoms with van der Waals surface area (Å²) in [5.74, 6) is 4.14. The van der Waals surface area contributed by atoms with Gasteiger partial charge in [0.05, 0.1) is 19.2 Å². The maximum absolute atomic E-state index is 5.60. The molecule has 0 heterocycles. The third-order valence-electron chi connectivity index (χ3n) is 2.42. The van der Waals surface area contributed by atoms with Gasteiger partial charge in [-0.05, 0) is 38.5 Å². The summed E-state index contributed by atoms with van der Waals surface area (Å²) in [5, 5.41) is 6.20. The second kappa shape index (κ2) is 11.3. The average Bonchev–Trinajstić information content (AvgIpc) is 2.43. The molecule has 0 amide bonds. The molecule has 0 aliphatic rings. The lowest BCUT2D eigenvalue weighted by molar-refractivity contribution is 0.242. The zero-order valence-electron chi connectivity index (χ0n) is 12.8. The van der Waals surface area contributed by atoms with Gasteiger partial charge in [0.1, 0.15) is 5.75 Å². The number of hydrogen-bond donors (Lipinski definition) is 2. The minimum absolute atomic E-state index is 0. The first kappa shape index (κ1) is 19.6. The summed E-state index contributed by atoms with van der Waals surface area (Å²) >= 11 is 0. The van der Waals surface area contributed by atoms with Gasteiger partial charge in [0, 0.05) is 6.54 Å². The molecule has 1 rings (SSSR count). The Morgan fingerprint density at radius 1 is 1.29 bits per heavy atom. The first-order valence-electron chi connectivity index (χ1n) is 6.87. The standard InChI is InChI=1S/C16H23N3O.HI/c1-5-11-18-16(17-6-2)19-12-14-7-9-15(10-8-14)20-13(3)4;/h1,7-10,13H,6,11-12H2,2-4H3,(H2,17,18,19);1H. The Kier molecular flexibility index (Phi) is 10.5. The molecule has 0 aromatic heterocycles. The number of ether oxygens (including phenoxy) is 1. The molecule has 0 radical (unpaired) electrons. The maximum atomic E-state index is 5.60. The fourth-order valence-corrected chi connectivity index (χ4v) is 1.59. The Balaban J connectivity index is 0.00000400. The number of halogens is 1. The van der Waals surface area contributed by atoms with Crippen molar-refractivity contribution in [2.75, 3.05) is 13.1 Å². The lowest BCUT2D eigenvalue weighted by atomic mass is 10.2. The normalized spacial score (nSPS) is 10.5. The molecule has 5 heteroatoms. The highest BCUT2D eigenvalue weighted by Gasteiger charge is 1.99. The monoisotopic (exact) mass is 401 g/mol. The quantitative estimate of drug-likeness (QED) is 0.334. The molecule has 4 nitrogen and oxygen atoms in total. The van der Waals surface area contributed by atoms with E-state index in [0.29, 0.717) is 13.1 Å². The van der Waals surface area contributed by atoms with E-state index in [4.69, 9.17) is 11.2 Å². The number of hydrogen-bond acceptors (Lipinski definition) is 2. The van der Waals surface area contributed by atoms with Gasteiger partial charge in [-0.2, -0.15) is 0 Å². The van der Waals surface area contributed by atoms with Gasteiger partial charge in [-0.1, -0.05) is 18.1 Å². The molecule has 0 unspecified atom stereocenters. The summed E-state index contributed by atoms with van der Waals surface area (Å²) in [6, 6.07) is 7.97. The zero-order chi connectivity index (χ0) is 14.8. The fraction of sp³-hybridized carbons (Fsp3) is 0.438. The van der Waals surface area contributed by atoms with Crippen molar-refractivity contribution < 1.29 is 4.74 Å². The van der Waals surface area contributed by atoms with Gasteiger partial charge in [-0.3, -0.25) is 0 Å². The Bertz CT molecular complexity index is 463. The van der Waals surface area contributed by atoms with Crippen LogP contribution < -0.4 is 15.4 Å². The summed E-state index contributed by atoms with van der Waals surface area (Å²) < 4.78 is 5.60. The van der Waals surface area contributed by atoms with Crippen LogP contribution in [0.4, 0.5) is 0 Å². The van der Waals surface area contributed by atoms with E-state index in [1.165, 1.54) is 0 Å². The summed E-state index contributed by atoms with van der Waals surface area (Å²) in [6.07, 6.45) is 5.41. The highest BCUT2D eigenvalue weighted by atomic mass is 127. The number of nitrogens with zero attached hydrogens (tertiary/aromatic N) is 1. The van der Waals surface area contributed by atoms with E-state index in [1.54, 1.807) is 0 Å². The van der Waals surface area contributed by atoms with E-state index >= 15 is 0 Å². The van der Waals surface area contributed by atoms with Crippen molar-refractivity contribution in [1.82, 2.24) is 10.6 Å². The number of rotatable bonds is 6. The van der Waals surface area contributed by atoms with Gasteiger partial charge in [-0.15, -0.1) is 30.4 Å². The molecule has 1 aromatic rings. The van der Waals surface area contributed by atoms with Crippen LogP contribution in [0.2, 0.25) is 0 Å². The second-order valence-corrected chi connectivity index (χ2v) is 4.56. The third-order valence-corrected chi connectivity index (χ3v) is 2.42. The smallest absolute Gasteiger partial charge is 0.192 e. The molecule has 0 atom stereocenters. The van der Waals surface area contributed by atoms with Crippen molar-refractivity contribution in [3.63, 3.8) is 0 Å². The number of guanidine groups is 1. The van der Waals surface area contributed by atoms with Crippen molar-refractivity contribution in [2.24, 2.45) is 4.99 Å². The van der Waals surface area contributed by atoms with E-state index in [-0.39, 0.29) is 30.1 Å². The van der Waals surface area contributed by atoms with Crippen LogP contribution in [-0.4, -0.2) is 25.2 Å². The average molecular weight is 401 g/mol. The molecule has 0 spiro atoms. The number of benzene rings is 1. The molecular formula is C16H24IN3O. The van der Waals surface area contributed by atoms with Crippen LogP contribution >= 0.6 is 24.0 Å². The van der Waals surface area contributed by atoms with Crippen LogP contribution in [0.3, 0.4) is 0 Å². The minimum atomic E-state index is 0. The highest BCUT2D eigenvalue weighted by molar-refractivity contribution is 14.0. The van der Waals surface area contributed by atoms with Gasteiger partial charge in [0.25, 0.3) is 0 Å². The molecule has 0 aliphatic carbocycles. The number of nitrogens with one attached hydrogen (secondary N) is 2. The van der Waals surface area contributed by atoms with E-state index in [1.807, 2.05) is 45.0 Å². The number of aliphatic imine (C=N–C) groups is 1. The van der Waals surface area contributed by atoms with Crippen molar-refractivity contribution in [3.05, 3.63) is 29.8 Å². The van der Waals surface area contributed by atoms with Crippen molar-refractivity contribution in [3.8, 4) is 18.1 Å². The van der Waals surface area contributed by atoms with Gasteiger partial charge in [0.15, 0.2) is 5.96 Å². The minimum Gasteiger partial charge on any atom is -0.491 e. The Hall–Kier alpha value is -1.42. The first-order chi connectivity index (χ1) is 9.65. The van der Waals surface area contributed by atoms with Crippen LogP contribution in [0.15, 0.2) is 29.3 Å². The predicted octanol–water partition coefficient (Wildman–Crippen LogP) is 2.78. The zero-order valence-corrected chi connectivity index (χ0v) is 15.2. The molecule has 21 heavy (non-hydrogen) atoms. The van der Waals surface area contributed by atoms with E-state index in [2.05, 4.69) is 21.5 Å². The van der Waals surface area contributed by atoms with E-state index < -0.39 is 0 Å². The van der Waals surface area contributed by atoms with Gasteiger partial charge in [0.2, 0.25) is 0 Å². The van der Waals surface area contributed by atoms with Crippen LogP contribution in [0.25, 0.3) is 0 Å². The maximum Gasteiger partial charge on any atom is 0.192 e. The summed E-state index contributed by atoms with van der Waals surface area (Å²) in [6.45, 7) is 7.91. The SMILES string of the molecule is C#CCNC(=NCc1ccc(OC(C)C)cc1)NCC.I. The van der Waals surface area contributed by atoms with Gasteiger partial charge in [-0.25, -0.2) is 4.99 Å². The second-order valence-electron chi connectivity index (χ2n) is 4.56. The van der Waals surface area contributed by atoms with Crippen molar-refractivity contribution in [1.29, 1.82) is 0 Å². The van der Waals surface area contributed by atoms with Crippen molar-refractivity contribution >= 4 is 29.9 Å². The molecular weight excluding hydrogens is 377 g/mol. The molecule has 0 aliphatic heterocycles. The molecule has 116 valence electrons. The largest absolute Gasteiger partial charge is 0.491 e. The molecule has 1 aromatic carbocycles. The van der Waals surface area contributed by atoms with Crippen LogP contribution in [-0.2, 0) is 6.54 Å². The topological polar surface area (TPSA) is 45.7 Å². The van der Waals surface area contributed by atoms with Crippen LogP contribution in [0.1, 0.15) is 26.3 Å². The summed E-state index contributed by atoms with van der Waals surface area (Å²) in [5.41, 5.74) is 1.12. The third kappa shape index (κ3) is 8.45. The molecule has 0 fully saturated rings. The molecule has 0 bridgehead atoms. The molecule has 0 saturated heterocycles. The van der Waals surface area contributed by atoms with E-state index in [0.717, 1.165) is 23.8 Å². The predicted molar refractivity (Wildman–Crippen MR) is 99.3 cm³/mol. The Labute approximate surface area is 144 Å². The molecule has 0 saturated carbocycles. The number of terminal acetylenes is 1. The fourth-order valence-electron chi connectivity index (χ4n) is 1.59. The van der Waals surface area contributed by atoms with Crippen LogP contribution in [0, 0.1) is 12.3 Å². The van der Waals surface area contributed by atoms with Gasteiger partial charge >= 0.3 is 0 Å². The summed E-state index contributed by atoms with van der Waals surface area (Å²) in [4.78, 5) is 4.47. The van der Waals surface area contributed by atoms with E-state index in [9.17, 15) is 0 Å². The lowest BCUT2D eigenvalue weighted by Gasteiger charge is -2.10. The van der Waals surface area contributed by atoms with Gasteiger partial charge < -0.3 is 15.4 Å². The Morgan fingerprint density at radius 3 is 2.48 bits per heavy atom. The first-order valence-corrected chi connectivity index (χ1v) is 6.87. The summed E-state index contributed by atoms with van der Waals surface area (Å²) in [7, 11) is 0. The lowest BCUT2D eigenvalue weighted by Crippen LogP contribution is -2.37. The highest BCUT2D eigenvalue weighted by Crippen LogP contribution is 2.14.